The number of benzene rings is 3. The lowest BCUT2D eigenvalue weighted by molar-refractivity contribution is -0.128. The fourth-order valence-corrected chi connectivity index (χ4v) is 5.22. The minimum Gasteiger partial charge on any atom is -0.497 e. The molecule has 0 spiro atoms. The first-order valence-electron chi connectivity index (χ1n) is 13.3. The van der Waals surface area contributed by atoms with Crippen molar-refractivity contribution in [2.75, 3.05) is 25.6 Å². The highest BCUT2D eigenvalue weighted by Crippen LogP contribution is 2.33. The largest absolute Gasteiger partial charge is 0.497 e. The summed E-state index contributed by atoms with van der Waals surface area (Å²) in [4.78, 5) is 56.6. The number of amides is 2. The number of thioether (sulfide) groups is 1. The fraction of sp³-hybridized carbons (Fsp3) is 0.258. The number of esters is 2. The second-order valence-corrected chi connectivity index (χ2v) is 10.3. The lowest BCUT2D eigenvalue weighted by atomic mass is 10.2. The third-order valence-corrected chi connectivity index (χ3v) is 7.35. The molecule has 1 heterocycles. The highest BCUT2D eigenvalue weighted by atomic mass is 32.2. The zero-order valence-corrected chi connectivity index (χ0v) is 24.3. The number of methoxy groups -OCH3 is 1. The van der Waals surface area contributed by atoms with Crippen LogP contribution in [0.15, 0.2) is 77.8 Å². The van der Waals surface area contributed by atoms with Crippen LogP contribution < -0.4 is 10.1 Å². The molecule has 1 aliphatic heterocycles. The van der Waals surface area contributed by atoms with Crippen molar-refractivity contribution in [3.63, 3.8) is 0 Å². The van der Waals surface area contributed by atoms with Crippen LogP contribution in [0.4, 0.5) is 11.4 Å². The first kappa shape index (κ1) is 30.3. The van der Waals surface area contributed by atoms with Crippen molar-refractivity contribution in [1.82, 2.24) is 4.90 Å². The monoisotopic (exact) mass is 589 g/mol. The van der Waals surface area contributed by atoms with Gasteiger partial charge in [0.25, 0.3) is 0 Å². The molecule has 0 radical (unpaired) electrons. The van der Waals surface area contributed by atoms with Gasteiger partial charge in [-0.05, 0) is 80.1 Å². The third-order valence-electron chi connectivity index (χ3n) is 6.17. The van der Waals surface area contributed by atoms with Crippen LogP contribution in [0.5, 0.6) is 5.75 Å². The van der Waals surface area contributed by atoms with Gasteiger partial charge in [-0.15, -0.1) is 0 Å². The fourth-order valence-electron chi connectivity index (χ4n) is 4.07. The normalized spacial score (nSPS) is 15.4. The second-order valence-electron chi connectivity index (χ2n) is 9.09. The molecular weight excluding hydrogens is 558 g/mol. The summed E-state index contributed by atoms with van der Waals surface area (Å²) in [6, 6.07) is 20.3. The number of hydrogen-bond donors (Lipinski definition) is 1. The Morgan fingerprint density at radius 1 is 0.857 bits per heavy atom. The summed E-state index contributed by atoms with van der Waals surface area (Å²) in [7, 11) is 1.58. The van der Waals surface area contributed by atoms with Crippen LogP contribution in [0.2, 0.25) is 0 Å². The molecule has 1 aliphatic rings. The predicted octanol–water partition coefficient (Wildman–Crippen LogP) is 5.21. The Morgan fingerprint density at radius 3 is 1.98 bits per heavy atom. The highest BCUT2D eigenvalue weighted by molar-refractivity contribution is 8.15. The van der Waals surface area contributed by atoms with Gasteiger partial charge >= 0.3 is 11.9 Å². The van der Waals surface area contributed by atoms with E-state index in [9.17, 15) is 19.2 Å². The number of amidine groups is 1. The van der Waals surface area contributed by atoms with Gasteiger partial charge in [0.15, 0.2) is 5.17 Å². The predicted molar refractivity (Wildman–Crippen MR) is 160 cm³/mol. The minimum atomic E-state index is -0.695. The maximum atomic E-state index is 13.5. The highest BCUT2D eigenvalue weighted by Gasteiger charge is 2.39. The molecule has 0 aliphatic carbocycles. The van der Waals surface area contributed by atoms with Crippen molar-refractivity contribution in [3.8, 4) is 5.75 Å². The van der Waals surface area contributed by atoms with Gasteiger partial charge in [-0.1, -0.05) is 23.9 Å². The molecule has 3 aromatic rings. The average molecular weight is 590 g/mol. The zero-order valence-electron chi connectivity index (χ0n) is 23.5. The summed E-state index contributed by atoms with van der Waals surface area (Å²) >= 11 is 1.21. The van der Waals surface area contributed by atoms with Gasteiger partial charge in [0.05, 0.1) is 43.7 Å². The molecule has 2 amide bonds. The molecule has 218 valence electrons. The number of carbonyl (C=O) groups is 4. The molecule has 42 heavy (non-hydrogen) atoms. The van der Waals surface area contributed by atoms with Crippen molar-refractivity contribution in [2.24, 2.45) is 4.99 Å². The molecular formula is C31H31N3O7S. The molecule has 10 nitrogen and oxygen atoms in total. The van der Waals surface area contributed by atoms with E-state index in [1.807, 2.05) is 24.3 Å². The number of aliphatic imine (C=N–C) groups is 1. The molecule has 4 rings (SSSR count). The zero-order chi connectivity index (χ0) is 30.1. The number of ether oxygens (including phenoxy) is 3. The van der Waals surface area contributed by atoms with Crippen LogP contribution in [-0.4, -0.2) is 59.4 Å². The molecule has 0 aromatic heterocycles. The summed E-state index contributed by atoms with van der Waals surface area (Å²) in [5, 5.41) is 2.53. The van der Waals surface area contributed by atoms with Crippen LogP contribution in [0.25, 0.3) is 0 Å². The Hall–Kier alpha value is -4.64. The van der Waals surface area contributed by atoms with Crippen molar-refractivity contribution < 1.29 is 33.4 Å². The van der Waals surface area contributed by atoms with Gasteiger partial charge < -0.3 is 19.5 Å². The summed E-state index contributed by atoms with van der Waals surface area (Å²) in [6.45, 7) is 4.26. The molecule has 1 fully saturated rings. The smallest absolute Gasteiger partial charge is 0.338 e. The van der Waals surface area contributed by atoms with Gasteiger partial charge in [-0.3, -0.25) is 14.5 Å². The number of anilines is 1. The van der Waals surface area contributed by atoms with E-state index in [1.54, 1.807) is 74.4 Å². The Labute approximate surface area is 248 Å². The van der Waals surface area contributed by atoms with Crippen LogP contribution in [0, 0.1) is 0 Å². The van der Waals surface area contributed by atoms with E-state index < -0.39 is 17.2 Å². The number of carbonyl (C=O) groups excluding carboxylic acids is 4. The molecule has 0 bridgehead atoms. The average Bonchev–Trinajstić information content (AvgIpc) is 3.27. The second kappa shape index (κ2) is 14.3. The number of nitrogens with one attached hydrogen (secondary N) is 1. The third kappa shape index (κ3) is 7.76. The maximum Gasteiger partial charge on any atom is 0.338 e. The quantitative estimate of drug-likeness (QED) is 0.303. The van der Waals surface area contributed by atoms with Crippen molar-refractivity contribution in [2.45, 2.75) is 32.1 Å². The van der Waals surface area contributed by atoms with Gasteiger partial charge in [0, 0.05) is 12.1 Å². The van der Waals surface area contributed by atoms with E-state index in [1.165, 1.54) is 11.8 Å². The summed E-state index contributed by atoms with van der Waals surface area (Å²) in [5.74, 6) is -0.770. The van der Waals surface area contributed by atoms with Crippen LogP contribution in [0.1, 0.15) is 46.5 Å². The Morgan fingerprint density at radius 2 is 1.43 bits per heavy atom. The van der Waals surface area contributed by atoms with Gasteiger partial charge in [0.1, 0.15) is 11.0 Å². The maximum absolute atomic E-state index is 13.5. The van der Waals surface area contributed by atoms with E-state index >= 15 is 0 Å². The van der Waals surface area contributed by atoms with E-state index in [0.29, 0.717) is 33.4 Å². The SMILES string of the molecule is CCOC(=O)c1ccc(N=C2S[C@H](CC(=O)Nc3ccc(C(=O)OCC)cc3)C(=O)N2Cc2ccc(OC)cc2)cc1. The van der Waals surface area contributed by atoms with Crippen molar-refractivity contribution >= 4 is 52.1 Å². The number of hydrogen-bond acceptors (Lipinski definition) is 9. The Bertz CT molecular complexity index is 1460. The lowest BCUT2D eigenvalue weighted by Crippen LogP contribution is -2.33. The number of nitrogens with zero attached hydrogens (tertiary/aromatic N) is 2. The topological polar surface area (TPSA) is 124 Å². The first-order chi connectivity index (χ1) is 20.3. The molecule has 3 aromatic carbocycles. The van der Waals surface area contributed by atoms with Crippen LogP contribution in [0.3, 0.4) is 0 Å². The van der Waals surface area contributed by atoms with E-state index in [2.05, 4.69) is 10.3 Å². The van der Waals surface area contributed by atoms with Gasteiger partial charge in [-0.25, -0.2) is 14.6 Å². The Balaban J connectivity index is 1.50. The van der Waals surface area contributed by atoms with Gasteiger partial charge in [0.2, 0.25) is 11.8 Å². The summed E-state index contributed by atoms with van der Waals surface area (Å²) < 4.78 is 15.3. The van der Waals surface area contributed by atoms with Crippen LogP contribution in [-0.2, 0) is 25.6 Å². The molecule has 1 saturated heterocycles. The molecule has 1 N–H and O–H groups in total. The van der Waals surface area contributed by atoms with Crippen LogP contribution >= 0.6 is 11.8 Å². The lowest BCUT2D eigenvalue weighted by Gasteiger charge is -2.17. The molecule has 11 heteroatoms. The first-order valence-corrected chi connectivity index (χ1v) is 14.2. The molecule has 0 unspecified atom stereocenters. The van der Waals surface area contributed by atoms with Crippen molar-refractivity contribution in [1.29, 1.82) is 0 Å². The van der Waals surface area contributed by atoms with E-state index in [-0.39, 0.29) is 38.0 Å². The van der Waals surface area contributed by atoms with E-state index in [0.717, 1.165) is 5.56 Å². The molecule has 1 atom stereocenters. The summed E-state index contributed by atoms with van der Waals surface area (Å²) in [5.41, 5.74) is 2.68. The standard InChI is InChI=1S/C31H31N3O7S/c1-4-40-29(37)21-8-12-23(13-9-21)32-27(35)18-26-28(36)34(19-20-6-16-25(39-3)17-7-20)31(42-26)33-24-14-10-22(11-15-24)30(38)41-5-2/h6-17,26H,4-5,18-19H2,1-3H3,(H,32,35)/t26-/m1/s1. The minimum absolute atomic E-state index is 0.0803. The van der Waals surface area contributed by atoms with Crippen molar-refractivity contribution in [3.05, 3.63) is 89.5 Å². The van der Waals surface area contributed by atoms with Gasteiger partial charge in [-0.2, -0.15) is 0 Å². The van der Waals surface area contributed by atoms with E-state index in [4.69, 9.17) is 14.2 Å². The summed E-state index contributed by atoms with van der Waals surface area (Å²) in [6.07, 6.45) is -0.0803. The Kier molecular flexibility index (Phi) is 10.3. The number of rotatable bonds is 11. The molecule has 0 saturated carbocycles.